The van der Waals surface area contributed by atoms with Crippen molar-refractivity contribution in [2.45, 2.75) is 6.92 Å². The lowest BCUT2D eigenvalue weighted by Gasteiger charge is -2.13. The first-order valence-corrected chi connectivity index (χ1v) is 8.21. The number of rotatable bonds is 6. The fourth-order valence-corrected chi connectivity index (χ4v) is 2.57. The predicted molar refractivity (Wildman–Crippen MR) is 93.0 cm³/mol. The first-order chi connectivity index (χ1) is 13.0. The van der Waals surface area contributed by atoms with Gasteiger partial charge >= 0.3 is 5.97 Å². The number of amides is 3. The Morgan fingerprint density at radius 2 is 1.56 bits per heavy atom. The lowest BCUT2D eigenvalue weighted by Crippen LogP contribution is -2.38. The van der Waals surface area contributed by atoms with E-state index in [1.165, 1.54) is 12.1 Å². The molecule has 1 heterocycles. The summed E-state index contributed by atoms with van der Waals surface area (Å²) in [6.45, 7) is 1.65. The molecule has 0 spiro atoms. The van der Waals surface area contributed by atoms with Crippen molar-refractivity contribution in [3.05, 3.63) is 65.2 Å². The molecule has 3 amide bonds. The lowest BCUT2D eigenvalue weighted by atomic mass is 10.1. The van der Waals surface area contributed by atoms with Crippen LogP contribution < -0.4 is 10.1 Å². The summed E-state index contributed by atoms with van der Waals surface area (Å²) in [5.41, 5.74) is 0.572. The maximum atomic E-state index is 12.2. The molecule has 27 heavy (non-hydrogen) atoms. The fraction of sp³-hybridized carbons (Fsp3) is 0.158. The Labute approximate surface area is 154 Å². The molecule has 1 N–H and O–H groups in total. The molecular formula is C19H16N2O6. The van der Waals surface area contributed by atoms with Gasteiger partial charge in [-0.2, -0.15) is 0 Å². The smallest absolute Gasteiger partial charge is 0.352 e. The Morgan fingerprint density at radius 1 is 0.963 bits per heavy atom. The van der Waals surface area contributed by atoms with Gasteiger partial charge in [-0.25, -0.2) is 4.79 Å². The molecule has 0 unspecified atom stereocenters. The van der Waals surface area contributed by atoms with E-state index in [4.69, 9.17) is 9.57 Å². The number of para-hydroxylation sites is 1. The number of hydroxylamine groups is 2. The second-order valence-corrected chi connectivity index (χ2v) is 5.53. The standard InChI is InChI=1S/C19H16N2O6/c1-2-26-15-10-6-5-9-14(15)17(23)20-11-16(22)27-21-18(24)12-7-3-4-8-13(12)19(21)25/h3-10H,2,11H2,1H3,(H,20,23). The molecule has 2 aromatic rings. The SMILES string of the molecule is CCOc1ccccc1C(=O)NCC(=O)ON1C(=O)c2ccccc2C1=O. The van der Waals surface area contributed by atoms with Gasteiger partial charge in [-0.1, -0.05) is 29.3 Å². The zero-order valence-corrected chi connectivity index (χ0v) is 14.4. The van der Waals surface area contributed by atoms with E-state index in [9.17, 15) is 19.2 Å². The first kappa shape index (κ1) is 18.1. The van der Waals surface area contributed by atoms with Crippen LogP contribution in [0.1, 0.15) is 38.0 Å². The number of nitrogens with zero attached hydrogens (tertiary/aromatic N) is 1. The van der Waals surface area contributed by atoms with Gasteiger partial charge in [0, 0.05) is 0 Å². The third-order valence-corrected chi connectivity index (χ3v) is 3.77. The molecule has 0 aromatic heterocycles. The zero-order chi connectivity index (χ0) is 19.4. The van der Waals surface area contributed by atoms with Crippen LogP contribution >= 0.6 is 0 Å². The summed E-state index contributed by atoms with van der Waals surface area (Å²) < 4.78 is 5.36. The molecule has 1 aliphatic heterocycles. The molecule has 8 heteroatoms. The largest absolute Gasteiger partial charge is 0.493 e. The molecule has 1 aliphatic rings. The summed E-state index contributed by atoms with van der Waals surface area (Å²) in [7, 11) is 0. The van der Waals surface area contributed by atoms with Gasteiger partial charge in [0.05, 0.1) is 23.3 Å². The number of benzene rings is 2. The molecular weight excluding hydrogens is 352 g/mol. The Kier molecular flexibility index (Phi) is 5.16. The first-order valence-electron chi connectivity index (χ1n) is 8.21. The molecule has 138 valence electrons. The molecule has 0 fully saturated rings. The van der Waals surface area contributed by atoms with Crippen LogP contribution in [0, 0.1) is 0 Å². The van der Waals surface area contributed by atoms with Crippen LogP contribution in [0.4, 0.5) is 0 Å². The third-order valence-electron chi connectivity index (χ3n) is 3.77. The van der Waals surface area contributed by atoms with E-state index in [1.54, 1.807) is 43.3 Å². The highest BCUT2D eigenvalue weighted by Crippen LogP contribution is 2.22. The molecule has 8 nitrogen and oxygen atoms in total. The van der Waals surface area contributed by atoms with Crippen molar-refractivity contribution in [3.63, 3.8) is 0 Å². The number of fused-ring (bicyclic) bond motifs is 1. The van der Waals surface area contributed by atoms with Gasteiger partial charge in [0.2, 0.25) is 0 Å². The summed E-state index contributed by atoms with van der Waals surface area (Å²) in [4.78, 5) is 53.3. The second kappa shape index (κ2) is 7.69. The van der Waals surface area contributed by atoms with Crippen molar-refractivity contribution < 1.29 is 28.8 Å². The van der Waals surface area contributed by atoms with E-state index in [0.29, 0.717) is 17.4 Å². The van der Waals surface area contributed by atoms with Gasteiger partial charge in [-0.15, -0.1) is 0 Å². The topological polar surface area (TPSA) is 102 Å². The van der Waals surface area contributed by atoms with E-state index in [2.05, 4.69) is 5.32 Å². The zero-order valence-electron chi connectivity index (χ0n) is 14.4. The highest BCUT2D eigenvalue weighted by Gasteiger charge is 2.38. The van der Waals surface area contributed by atoms with Crippen molar-refractivity contribution in [1.29, 1.82) is 0 Å². The van der Waals surface area contributed by atoms with Crippen LogP contribution in [0.15, 0.2) is 48.5 Å². The molecule has 2 aromatic carbocycles. The van der Waals surface area contributed by atoms with Gasteiger partial charge in [-0.3, -0.25) is 14.4 Å². The van der Waals surface area contributed by atoms with Crippen molar-refractivity contribution in [3.8, 4) is 5.75 Å². The van der Waals surface area contributed by atoms with Gasteiger partial charge in [0.1, 0.15) is 12.3 Å². The maximum Gasteiger partial charge on any atom is 0.352 e. The number of carbonyl (C=O) groups is 4. The van der Waals surface area contributed by atoms with Crippen LogP contribution in [-0.2, 0) is 9.63 Å². The van der Waals surface area contributed by atoms with E-state index in [0.717, 1.165) is 0 Å². The van der Waals surface area contributed by atoms with E-state index < -0.39 is 30.2 Å². The lowest BCUT2D eigenvalue weighted by molar-refractivity contribution is -0.167. The summed E-state index contributed by atoms with van der Waals surface area (Å²) in [5.74, 6) is -2.56. The fourth-order valence-electron chi connectivity index (χ4n) is 2.57. The average Bonchev–Trinajstić information content (AvgIpc) is 2.92. The van der Waals surface area contributed by atoms with Crippen LogP contribution in [0.2, 0.25) is 0 Å². The Morgan fingerprint density at radius 3 is 2.19 bits per heavy atom. The van der Waals surface area contributed by atoms with Crippen LogP contribution in [0.25, 0.3) is 0 Å². The van der Waals surface area contributed by atoms with Crippen molar-refractivity contribution in [1.82, 2.24) is 10.4 Å². The second-order valence-electron chi connectivity index (χ2n) is 5.53. The van der Waals surface area contributed by atoms with Gasteiger partial charge in [0.15, 0.2) is 0 Å². The number of ether oxygens (including phenoxy) is 1. The Hall–Kier alpha value is -3.68. The van der Waals surface area contributed by atoms with Crippen molar-refractivity contribution >= 4 is 23.7 Å². The van der Waals surface area contributed by atoms with Crippen molar-refractivity contribution in [2.75, 3.05) is 13.2 Å². The molecule has 0 radical (unpaired) electrons. The third kappa shape index (κ3) is 3.64. The molecule has 0 atom stereocenters. The number of hydrogen-bond acceptors (Lipinski definition) is 6. The minimum Gasteiger partial charge on any atom is -0.493 e. The molecule has 0 saturated carbocycles. The van der Waals surface area contributed by atoms with Crippen molar-refractivity contribution in [2.24, 2.45) is 0 Å². The Balaban J connectivity index is 1.60. The number of nitrogens with one attached hydrogen (secondary N) is 1. The highest BCUT2D eigenvalue weighted by molar-refractivity contribution is 6.20. The maximum absolute atomic E-state index is 12.2. The monoisotopic (exact) mass is 368 g/mol. The van der Waals surface area contributed by atoms with E-state index in [1.807, 2.05) is 0 Å². The van der Waals surface area contributed by atoms with Gasteiger partial charge in [0.25, 0.3) is 17.7 Å². The van der Waals surface area contributed by atoms with E-state index >= 15 is 0 Å². The summed E-state index contributed by atoms with van der Waals surface area (Å²) >= 11 is 0. The molecule has 0 bridgehead atoms. The molecule has 0 saturated heterocycles. The normalized spacial score (nSPS) is 12.6. The summed E-state index contributed by atoms with van der Waals surface area (Å²) in [5, 5.41) is 2.78. The van der Waals surface area contributed by atoms with E-state index in [-0.39, 0.29) is 16.7 Å². The van der Waals surface area contributed by atoms with Gasteiger partial charge in [-0.05, 0) is 31.2 Å². The number of carbonyl (C=O) groups excluding carboxylic acids is 4. The average molecular weight is 368 g/mol. The van der Waals surface area contributed by atoms with Crippen LogP contribution in [0.5, 0.6) is 5.75 Å². The minimum atomic E-state index is -0.952. The quantitative estimate of drug-likeness (QED) is 0.777. The Bertz CT molecular complexity index is 889. The van der Waals surface area contributed by atoms with Crippen LogP contribution in [0.3, 0.4) is 0 Å². The molecule has 0 aliphatic carbocycles. The predicted octanol–water partition coefficient (Wildman–Crippen LogP) is 1.57. The minimum absolute atomic E-state index is 0.157. The highest BCUT2D eigenvalue weighted by atomic mass is 16.7. The van der Waals surface area contributed by atoms with Gasteiger partial charge < -0.3 is 14.9 Å². The number of hydrogen-bond donors (Lipinski definition) is 1. The number of imide groups is 1. The molecule has 3 rings (SSSR count). The summed E-state index contributed by atoms with van der Waals surface area (Å²) in [6, 6.07) is 12.7. The summed E-state index contributed by atoms with van der Waals surface area (Å²) in [6.07, 6.45) is 0. The van der Waals surface area contributed by atoms with Crippen LogP contribution in [-0.4, -0.2) is 41.9 Å².